The predicted molar refractivity (Wildman–Crippen MR) is 64.6 cm³/mol. The normalized spacial score (nSPS) is 13.3. The SMILES string of the molecule is NC(=O)C(O)CNS(=O)(=O)c1cnc(Cl)c(Cl)c1. The number of hydrogen-bond donors (Lipinski definition) is 3. The second kappa shape index (κ2) is 5.81. The number of aromatic nitrogens is 1. The minimum absolute atomic E-state index is 0.0324. The Morgan fingerprint density at radius 2 is 2.17 bits per heavy atom. The van der Waals surface area contributed by atoms with E-state index in [1.165, 1.54) is 0 Å². The summed E-state index contributed by atoms with van der Waals surface area (Å²) in [6.45, 7) is -0.544. The maximum atomic E-state index is 11.7. The smallest absolute Gasteiger partial charge is 0.247 e. The molecule has 0 aliphatic heterocycles. The second-order valence-electron chi connectivity index (χ2n) is 3.21. The highest BCUT2D eigenvalue weighted by Crippen LogP contribution is 2.21. The Labute approximate surface area is 113 Å². The van der Waals surface area contributed by atoms with Crippen molar-refractivity contribution >= 4 is 39.1 Å². The monoisotopic (exact) mass is 313 g/mol. The number of carbonyl (C=O) groups is 1. The van der Waals surface area contributed by atoms with Crippen LogP contribution in [0.25, 0.3) is 0 Å². The zero-order chi connectivity index (χ0) is 13.9. The van der Waals surface area contributed by atoms with Crippen LogP contribution in [-0.4, -0.2) is 37.1 Å². The first-order valence-corrected chi connectivity index (χ1v) is 6.76. The van der Waals surface area contributed by atoms with Crippen LogP contribution in [0.2, 0.25) is 10.2 Å². The highest BCUT2D eigenvalue weighted by atomic mass is 35.5. The number of nitrogens with two attached hydrogens (primary N) is 1. The van der Waals surface area contributed by atoms with Crippen LogP contribution in [0.15, 0.2) is 17.2 Å². The van der Waals surface area contributed by atoms with Crippen molar-refractivity contribution in [1.29, 1.82) is 0 Å². The number of primary amides is 1. The van der Waals surface area contributed by atoms with E-state index in [0.29, 0.717) is 0 Å². The Hall–Kier alpha value is -0.930. The van der Waals surface area contributed by atoms with E-state index in [1.54, 1.807) is 0 Å². The predicted octanol–water partition coefficient (Wildman–Crippen LogP) is -0.487. The molecule has 10 heteroatoms. The molecule has 18 heavy (non-hydrogen) atoms. The average Bonchev–Trinajstić information content (AvgIpc) is 2.29. The summed E-state index contributed by atoms with van der Waals surface area (Å²) in [5, 5.41) is 9.00. The third-order valence-corrected chi connectivity index (χ3v) is 3.95. The van der Waals surface area contributed by atoms with Gasteiger partial charge in [-0.05, 0) is 6.07 Å². The summed E-state index contributed by atoms with van der Waals surface area (Å²) in [5.74, 6) is -1.04. The summed E-state index contributed by atoms with van der Waals surface area (Å²) in [6, 6.07) is 1.09. The van der Waals surface area contributed by atoms with Gasteiger partial charge in [-0.3, -0.25) is 4.79 Å². The standard InChI is InChI=1S/C8H9Cl2N3O4S/c9-5-1-4(2-12-7(5)10)18(16,17)13-3-6(14)8(11)15/h1-2,6,13-14H,3H2,(H2,11,15). The fourth-order valence-electron chi connectivity index (χ4n) is 0.923. The average molecular weight is 314 g/mol. The molecule has 0 spiro atoms. The first-order chi connectivity index (χ1) is 8.24. The molecular formula is C8H9Cl2N3O4S. The maximum Gasteiger partial charge on any atom is 0.247 e. The van der Waals surface area contributed by atoms with Gasteiger partial charge in [0.15, 0.2) is 0 Å². The van der Waals surface area contributed by atoms with Crippen LogP contribution in [0, 0.1) is 0 Å². The van der Waals surface area contributed by atoms with Crippen molar-refractivity contribution in [3.05, 3.63) is 22.4 Å². The van der Waals surface area contributed by atoms with E-state index in [4.69, 9.17) is 34.0 Å². The summed E-state index contributed by atoms with van der Waals surface area (Å²) in [7, 11) is -3.95. The molecule has 0 aliphatic carbocycles. The van der Waals surface area contributed by atoms with Crippen molar-refractivity contribution in [2.24, 2.45) is 5.73 Å². The molecule has 0 radical (unpaired) electrons. The van der Waals surface area contributed by atoms with Crippen molar-refractivity contribution < 1.29 is 18.3 Å². The number of halogens is 2. The molecule has 1 aromatic rings. The number of hydrogen-bond acceptors (Lipinski definition) is 5. The van der Waals surface area contributed by atoms with Gasteiger partial charge in [0.1, 0.15) is 16.2 Å². The molecule has 0 aromatic carbocycles. The maximum absolute atomic E-state index is 11.7. The zero-order valence-corrected chi connectivity index (χ0v) is 11.1. The Bertz CT molecular complexity index is 563. The molecule has 1 amide bonds. The summed E-state index contributed by atoms with van der Waals surface area (Å²) in [5.41, 5.74) is 4.77. The third kappa shape index (κ3) is 3.79. The first kappa shape index (κ1) is 15.1. The van der Waals surface area contributed by atoms with E-state index in [9.17, 15) is 13.2 Å². The number of rotatable bonds is 5. The molecular weight excluding hydrogens is 305 g/mol. The van der Waals surface area contributed by atoms with Gasteiger partial charge in [-0.1, -0.05) is 23.2 Å². The number of pyridine rings is 1. The minimum atomic E-state index is -3.95. The van der Waals surface area contributed by atoms with Crippen LogP contribution < -0.4 is 10.5 Å². The van der Waals surface area contributed by atoms with E-state index >= 15 is 0 Å². The molecule has 0 aliphatic rings. The lowest BCUT2D eigenvalue weighted by Gasteiger charge is -2.09. The largest absolute Gasteiger partial charge is 0.382 e. The second-order valence-corrected chi connectivity index (χ2v) is 5.75. The zero-order valence-electron chi connectivity index (χ0n) is 8.80. The first-order valence-electron chi connectivity index (χ1n) is 4.52. The molecule has 0 fully saturated rings. The fraction of sp³-hybridized carbons (Fsp3) is 0.250. The Morgan fingerprint density at radius 3 is 2.67 bits per heavy atom. The molecule has 0 saturated carbocycles. The van der Waals surface area contributed by atoms with Crippen LogP contribution >= 0.6 is 23.2 Å². The number of aliphatic hydroxyl groups is 1. The lowest BCUT2D eigenvalue weighted by atomic mass is 10.3. The van der Waals surface area contributed by atoms with Crippen molar-refractivity contribution in [3.63, 3.8) is 0 Å². The summed E-state index contributed by atoms with van der Waals surface area (Å²) < 4.78 is 25.4. The summed E-state index contributed by atoms with van der Waals surface area (Å²) >= 11 is 11.2. The molecule has 100 valence electrons. The van der Waals surface area contributed by atoms with Gasteiger partial charge in [0.25, 0.3) is 0 Å². The Morgan fingerprint density at radius 1 is 1.56 bits per heavy atom. The number of sulfonamides is 1. The topological polar surface area (TPSA) is 122 Å². The molecule has 1 rings (SSSR count). The van der Waals surface area contributed by atoms with Crippen molar-refractivity contribution in [3.8, 4) is 0 Å². The third-order valence-electron chi connectivity index (χ3n) is 1.88. The van der Waals surface area contributed by atoms with E-state index in [0.717, 1.165) is 12.3 Å². The molecule has 4 N–H and O–H groups in total. The summed E-state index contributed by atoms with van der Waals surface area (Å²) in [6.07, 6.45) is -0.622. The summed E-state index contributed by atoms with van der Waals surface area (Å²) in [4.78, 5) is 13.9. The van der Waals surface area contributed by atoms with Crippen LogP contribution in [0.5, 0.6) is 0 Å². The van der Waals surface area contributed by atoms with Gasteiger partial charge in [-0.25, -0.2) is 18.1 Å². The number of nitrogens with one attached hydrogen (secondary N) is 1. The minimum Gasteiger partial charge on any atom is -0.382 e. The number of nitrogens with zero attached hydrogens (tertiary/aromatic N) is 1. The van der Waals surface area contributed by atoms with Crippen molar-refractivity contribution in [1.82, 2.24) is 9.71 Å². The molecule has 1 aromatic heterocycles. The van der Waals surface area contributed by atoms with Crippen LogP contribution in [0.4, 0.5) is 0 Å². The number of carbonyl (C=O) groups excluding carboxylic acids is 1. The van der Waals surface area contributed by atoms with Gasteiger partial charge < -0.3 is 10.8 Å². The van der Waals surface area contributed by atoms with Gasteiger partial charge in [0.2, 0.25) is 15.9 Å². The van der Waals surface area contributed by atoms with E-state index in [1.807, 2.05) is 4.72 Å². The van der Waals surface area contributed by atoms with Gasteiger partial charge >= 0.3 is 0 Å². The van der Waals surface area contributed by atoms with Crippen LogP contribution in [0.3, 0.4) is 0 Å². The van der Waals surface area contributed by atoms with E-state index in [2.05, 4.69) is 4.98 Å². The Balaban J connectivity index is 2.87. The van der Waals surface area contributed by atoms with E-state index < -0.39 is 28.6 Å². The van der Waals surface area contributed by atoms with Crippen LogP contribution in [0.1, 0.15) is 0 Å². The van der Waals surface area contributed by atoms with Crippen LogP contribution in [-0.2, 0) is 14.8 Å². The van der Waals surface area contributed by atoms with E-state index in [-0.39, 0.29) is 15.1 Å². The van der Waals surface area contributed by atoms with Gasteiger partial charge in [-0.15, -0.1) is 0 Å². The van der Waals surface area contributed by atoms with Crippen molar-refractivity contribution in [2.75, 3.05) is 6.54 Å². The molecule has 0 bridgehead atoms. The Kier molecular flexibility index (Phi) is 4.88. The molecule has 1 unspecified atom stereocenters. The highest BCUT2D eigenvalue weighted by molar-refractivity contribution is 7.89. The molecule has 1 atom stereocenters. The van der Waals surface area contributed by atoms with Crippen molar-refractivity contribution in [2.45, 2.75) is 11.0 Å². The van der Waals surface area contributed by atoms with Gasteiger partial charge in [0, 0.05) is 12.7 Å². The number of amides is 1. The highest BCUT2D eigenvalue weighted by Gasteiger charge is 2.19. The lowest BCUT2D eigenvalue weighted by Crippen LogP contribution is -2.39. The van der Waals surface area contributed by atoms with Gasteiger partial charge in [-0.2, -0.15) is 0 Å². The molecule has 0 saturated heterocycles. The fourth-order valence-corrected chi connectivity index (χ4v) is 2.27. The van der Waals surface area contributed by atoms with Gasteiger partial charge in [0.05, 0.1) is 5.02 Å². The quantitative estimate of drug-likeness (QED) is 0.633. The number of aliphatic hydroxyl groups excluding tert-OH is 1. The molecule has 7 nitrogen and oxygen atoms in total. The molecule has 1 heterocycles. The lowest BCUT2D eigenvalue weighted by molar-refractivity contribution is -0.125.